The molecule has 1 aromatic carbocycles. The normalized spacial score (nSPS) is 24.8. The number of anilines is 1. The van der Waals surface area contributed by atoms with Crippen molar-refractivity contribution in [2.75, 3.05) is 18.0 Å². The van der Waals surface area contributed by atoms with Crippen LogP contribution in [-0.4, -0.2) is 30.3 Å². The van der Waals surface area contributed by atoms with E-state index < -0.39 is 5.97 Å². The Morgan fingerprint density at radius 3 is 2.67 bits per heavy atom. The Hall–Kier alpha value is -1.71. The first kappa shape index (κ1) is 18.6. The van der Waals surface area contributed by atoms with E-state index in [4.69, 9.17) is 9.84 Å². The number of ether oxygens (including phenoxy) is 1. The van der Waals surface area contributed by atoms with E-state index >= 15 is 0 Å². The van der Waals surface area contributed by atoms with Gasteiger partial charge in [0.2, 0.25) is 0 Å². The molecular formula is C23H33NO3. The summed E-state index contributed by atoms with van der Waals surface area (Å²) >= 11 is 0. The second-order valence-electron chi connectivity index (χ2n) is 9.17. The molecule has 0 radical (unpaired) electrons. The Balaban J connectivity index is 1.38. The molecule has 27 heavy (non-hydrogen) atoms. The van der Waals surface area contributed by atoms with Gasteiger partial charge in [-0.25, -0.2) is 0 Å². The lowest BCUT2D eigenvalue weighted by Gasteiger charge is -2.41. The summed E-state index contributed by atoms with van der Waals surface area (Å²) in [5.74, 6) is 1.03. The third-order valence-corrected chi connectivity index (χ3v) is 7.20. The molecule has 1 aliphatic heterocycles. The maximum absolute atomic E-state index is 10.9. The van der Waals surface area contributed by atoms with Crippen LogP contribution in [0.5, 0.6) is 5.75 Å². The molecule has 4 rings (SSSR count). The van der Waals surface area contributed by atoms with Crippen molar-refractivity contribution in [2.24, 2.45) is 11.3 Å². The summed E-state index contributed by atoms with van der Waals surface area (Å²) in [7, 11) is 0. The molecule has 0 bridgehead atoms. The number of rotatable bonds is 6. The maximum atomic E-state index is 10.9. The minimum absolute atomic E-state index is 0.331. The molecule has 1 heterocycles. The smallest absolute Gasteiger partial charge is 0.303 e. The molecule has 2 aliphatic carbocycles. The van der Waals surface area contributed by atoms with Gasteiger partial charge in [-0.1, -0.05) is 6.07 Å². The van der Waals surface area contributed by atoms with Gasteiger partial charge in [-0.2, -0.15) is 0 Å². The lowest BCUT2D eigenvalue weighted by molar-refractivity contribution is -0.137. The van der Waals surface area contributed by atoms with Gasteiger partial charge < -0.3 is 14.7 Å². The highest BCUT2D eigenvalue weighted by atomic mass is 16.5. The van der Waals surface area contributed by atoms with Gasteiger partial charge in [0.25, 0.3) is 0 Å². The quantitative estimate of drug-likeness (QED) is 0.749. The average Bonchev–Trinajstić information content (AvgIpc) is 3.01. The molecule has 1 saturated heterocycles. The Kier molecular flexibility index (Phi) is 5.34. The van der Waals surface area contributed by atoms with E-state index in [9.17, 15) is 4.79 Å². The summed E-state index contributed by atoms with van der Waals surface area (Å²) in [5.41, 5.74) is 3.02. The van der Waals surface area contributed by atoms with E-state index in [0.29, 0.717) is 23.9 Å². The van der Waals surface area contributed by atoms with Crippen LogP contribution in [0.1, 0.15) is 69.8 Å². The fraction of sp³-hybridized carbons (Fsp3) is 0.696. The zero-order valence-electron chi connectivity index (χ0n) is 16.6. The van der Waals surface area contributed by atoms with Crippen molar-refractivity contribution in [1.82, 2.24) is 0 Å². The standard InChI is InChI=1S/C23H33NO3/c1-17-5-7-21(27-19-3-2-4-19)20(15-17)24-13-11-23(12-14-24)10-9-18(16-23)6-8-22(25)26/h5,7,15,18-19H,2-4,6,8-14,16H2,1H3,(H,25,26). The number of carbonyl (C=O) groups is 1. The molecule has 4 heteroatoms. The molecule has 2 saturated carbocycles. The van der Waals surface area contributed by atoms with Gasteiger partial charge >= 0.3 is 5.97 Å². The predicted octanol–water partition coefficient (Wildman–Crippen LogP) is 5.18. The fourth-order valence-corrected chi connectivity index (χ4v) is 5.22. The van der Waals surface area contributed by atoms with Gasteiger partial charge in [0.05, 0.1) is 11.8 Å². The van der Waals surface area contributed by atoms with Crippen LogP contribution in [-0.2, 0) is 4.79 Å². The summed E-state index contributed by atoms with van der Waals surface area (Å²) in [6.45, 7) is 4.35. The fourth-order valence-electron chi connectivity index (χ4n) is 5.22. The van der Waals surface area contributed by atoms with Gasteiger partial charge in [0.1, 0.15) is 5.75 Å². The van der Waals surface area contributed by atoms with Crippen molar-refractivity contribution < 1.29 is 14.6 Å². The lowest BCUT2D eigenvalue weighted by Crippen LogP contribution is -2.39. The zero-order chi connectivity index (χ0) is 18.9. The first-order valence-electron chi connectivity index (χ1n) is 10.8. The third-order valence-electron chi connectivity index (χ3n) is 7.20. The molecule has 148 valence electrons. The average molecular weight is 372 g/mol. The van der Waals surface area contributed by atoms with Crippen LogP contribution in [0, 0.1) is 18.3 Å². The topological polar surface area (TPSA) is 49.8 Å². The van der Waals surface area contributed by atoms with Crippen molar-refractivity contribution in [1.29, 1.82) is 0 Å². The van der Waals surface area contributed by atoms with Gasteiger partial charge in [0.15, 0.2) is 0 Å². The zero-order valence-corrected chi connectivity index (χ0v) is 16.6. The molecule has 3 fully saturated rings. The minimum atomic E-state index is -0.649. The number of carboxylic acid groups (broad SMARTS) is 1. The highest BCUT2D eigenvalue weighted by Crippen LogP contribution is 2.51. The first-order chi connectivity index (χ1) is 13.0. The molecule has 0 amide bonds. The number of hydrogen-bond acceptors (Lipinski definition) is 3. The van der Waals surface area contributed by atoms with Gasteiger partial charge in [0, 0.05) is 19.5 Å². The molecule has 1 spiro atoms. The van der Waals surface area contributed by atoms with Crippen LogP contribution in [0.25, 0.3) is 0 Å². The van der Waals surface area contributed by atoms with Crippen LogP contribution in [0.15, 0.2) is 18.2 Å². The SMILES string of the molecule is Cc1ccc(OC2CCC2)c(N2CCC3(CCC(CCC(=O)O)C3)CC2)c1. The number of carboxylic acids is 1. The number of hydrogen-bond donors (Lipinski definition) is 1. The molecule has 1 atom stereocenters. The van der Waals surface area contributed by atoms with E-state index in [1.165, 1.54) is 62.6 Å². The molecular weight excluding hydrogens is 338 g/mol. The number of piperidine rings is 1. The van der Waals surface area contributed by atoms with Crippen molar-refractivity contribution in [3.8, 4) is 5.75 Å². The van der Waals surface area contributed by atoms with Crippen molar-refractivity contribution >= 4 is 11.7 Å². The third kappa shape index (κ3) is 4.25. The Morgan fingerprint density at radius 2 is 2.00 bits per heavy atom. The summed E-state index contributed by atoms with van der Waals surface area (Å²) in [4.78, 5) is 13.4. The predicted molar refractivity (Wildman–Crippen MR) is 108 cm³/mol. The largest absolute Gasteiger partial charge is 0.488 e. The number of nitrogens with zero attached hydrogens (tertiary/aromatic N) is 1. The number of aliphatic carboxylic acids is 1. The summed E-state index contributed by atoms with van der Waals surface area (Å²) in [6, 6.07) is 6.61. The number of aryl methyl sites for hydroxylation is 1. The monoisotopic (exact) mass is 371 g/mol. The summed E-state index contributed by atoms with van der Waals surface area (Å²) in [6.07, 6.45) is 11.5. The van der Waals surface area contributed by atoms with E-state index in [0.717, 1.165) is 25.3 Å². The van der Waals surface area contributed by atoms with Gasteiger partial charge in [-0.05, 0) is 93.7 Å². The van der Waals surface area contributed by atoms with Crippen LogP contribution in [0.3, 0.4) is 0 Å². The second kappa shape index (κ2) is 7.73. The highest BCUT2D eigenvalue weighted by Gasteiger charge is 2.41. The molecule has 3 aliphatic rings. The summed E-state index contributed by atoms with van der Waals surface area (Å²) in [5, 5.41) is 8.95. The second-order valence-corrected chi connectivity index (χ2v) is 9.17. The Labute approximate surface area is 162 Å². The van der Waals surface area contributed by atoms with Crippen molar-refractivity contribution in [3.05, 3.63) is 23.8 Å². The molecule has 1 aromatic rings. The number of benzene rings is 1. The molecule has 0 aromatic heterocycles. The Morgan fingerprint density at radius 1 is 1.22 bits per heavy atom. The van der Waals surface area contributed by atoms with E-state index in [1.54, 1.807) is 0 Å². The van der Waals surface area contributed by atoms with Crippen LogP contribution in [0.2, 0.25) is 0 Å². The Bertz CT molecular complexity index is 674. The van der Waals surface area contributed by atoms with E-state index in [2.05, 4.69) is 30.0 Å². The van der Waals surface area contributed by atoms with Crippen LogP contribution in [0.4, 0.5) is 5.69 Å². The van der Waals surface area contributed by atoms with Gasteiger partial charge in [-0.3, -0.25) is 4.79 Å². The van der Waals surface area contributed by atoms with Crippen LogP contribution < -0.4 is 9.64 Å². The van der Waals surface area contributed by atoms with Crippen molar-refractivity contribution in [3.63, 3.8) is 0 Å². The molecule has 1 N–H and O–H groups in total. The lowest BCUT2D eigenvalue weighted by atomic mass is 9.76. The van der Waals surface area contributed by atoms with Gasteiger partial charge in [-0.15, -0.1) is 0 Å². The summed E-state index contributed by atoms with van der Waals surface area (Å²) < 4.78 is 6.28. The first-order valence-corrected chi connectivity index (χ1v) is 10.8. The van der Waals surface area contributed by atoms with E-state index in [-0.39, 0.29) is 0 Å². The minimum Gasteiger partial charge on any atom is -0.488 e. The molecule has 4 nitrogen and oxygen atoms in total. The van der Waals surface area contributed by atoms with Crippen LogP contribution >= 0.6 is 0 Å². The van der Waals surface area contributed by atoms with Crippen molar-refractivity contribution in [2.45, 2.75) is 77.2 Å². The molecule has 1 unspecified atom stereocenters. The van der Waals surface area contributed by atoms with E-state index in [1.807, 2.05) is 0 Å². The maximum Gasteiger partial charge on any atom is 0.303 e. The highest BCUT2D eigenvalue weighted by molar-refractivity contribution is 5.66.